The van der Waals surface area contributed by atoms with Gasteiger partial charge in [-0.05, 0) is 50.2 Å². The van der Waals surface area contributed by atoms with E-state index in [-0.39, 0.29) is 6.54 Å². The molecule has 4 N–H and O–H groups in total. The summed E-state index contributed by atoms with van der Waals surface area (Å²) in [5.41, 5.74) is 5.51. The van der Waals surface area contributed by atoms with Crippen molar-refractivity contribution in [2.75, 3.05) is 26.3 Å². The Labute approximate surface area is 146 Å². The molecule has 24 heavy (non-hydrogen) atoms. The molecule has 0 amide bonds. The molecular weight excluding hydrogens is 328 g/mol. The second-order valence-corrected chi connectivity index (χ2v) is 7.03. The average Bonchev–Trinajstić information content (AvgIpc) is 2.89. The van der Waals surface area contributed by atoms with E-state index in [1.54, 1.807) is 11.3 Å². The summed E-state index contributed by atoms with van der Waals surface area (Å²) in [4.78, 5) is 1.25. The first kappa shape index (κ1) is 19.0. The number of nitrogens with two attached hydrogens (primary N) is 1. The number of aryl methyl sites for hydroxylation is 1. The predicted molar refractivity (Wildman–Crippen MR) is 96.1 cm³/mol. The lowest BCUT2D eigenvalue weighted by Gasteiger charge is -2.14. The van der Waals surface area contributed by atoms with Gasteiger partial charge in [0.25, 0.3) is 0 Å². The third-order valence-electron chi connectivity index (χ3n) is 3.60. The van der Waals surface area contributed by atoms with E-state index in [0.717, 1.165) is 29.7 Å². The lowest BCUT2D eigenvalue weighted by atomic mass is 10.2. The average molecular weight is 354 g/mol. The zero-order chi connectivity index (χ0) is 17.4. The third kappa shape index (κ3) is 5.92. The number of hydrogen-bond donors (Lipinski definition) is 3. The number of benzene rings is 1. The van der Waals surface area contributed by atoms with Gasteiger partial charge in [0.15, 0.2) is 11.5 Å². The van der Waals surface area contributed by atoms with E-state index in [9.17, 15) is 5.21 Å². The summed E-state index contributed by atoms with van der Waals surface area (Å²) in [5, 5.41) is 19.6. The molecule has 0 bridgehead atoms. The molecule has 1 heterocycles. The molecule has 0 aliphatic rings. The molecule has 2 aromatic rings. The predicted octanol–water partition coefficient (Wildman–Crippen LogP) is 2.26. The van der Waals surface area contributed by atoms with Crippen LogP contribution < -0.4 is 20.4 Å². The Hall–Kier alpha value is -1.38. The highest BCUT2D eigenvalue weighted by molar-refractivity contribution is 7.19. The van der Waals surface area contributed by atoms with Crippen LogP contribution in [-0.4, -0.2) is 31.5 Å². The van der Waals surface area contributed by atoms with Crippen LogP contribution >= 0.6 is 11.3 Å². The van der Waals surface area contributed by atoms with Gasteiger partial charge < -0.3 is 20.4 Å². The Balaban J connectivity index is 2.00. The van der Waals surface area contributed by atoms with Crippen molar-refractivity contribution in [2.24, 2.45) is 5.73 Å². The Kier molecular flexibility index (Phi) is 7.74. The molecule has 1 aromatic carbocycles. The number of fused-ring (bicyclic) bond motifs is 1. The standard InChI is InChI=1S/C17H26N2O4S/c1-13-10-14-11-15(22-8-4-2-6-18)16(12-17(14)24-13)23-9-5-3-7-19(20)21/h10-12,19-20H,2-9,18H2,1H3. The second-order valence-electron chi connectivity index (χ2n) is 5.74. The smallest absolute Gasteiger partial charge is 0.162 e. The Bertz CT molecular complexity index is 630. The van der Waals surface area contributed by atoms with Crippen LogP contribution in [0, 0.1) is 12.1 Å². The SMILES string of the molecule is Cc1cc2cc(OCCCCN)c(OCCCC[NH+]([O-])O)cc2s1. The molecule has 1 unspecified atom stereocenters. The van der Waals surface area contributed by atoms with Gasteiger partial charge >= 0.3 is 0 Å². The Morgan fingerprint density at radius 2 is 1.75 bits per heavy atom. The first-order chi connectivity index (χ1) is 11.6. The Morgan fingerprint density at radius 1 is 1.08 bits per heavy atom. The minimum Gasteiger partial charge on any atom is -0.600 e. The van der Waals surface area contributed by atoms with Crippen molar-refractivity contribution < 1.29 is 19.9 Å². The lowest BCUT2D eigenvalue weighted by molar-refractivity contribution is -1.05. The van der Waals surface area contributed by atoms with Gasteiger partial charge in [-0.15, -0.1) is 11.3 Å². The van der Waals surface area contributed by atoms with Crippen molar-refractivity contribution in [3.63, 3.8) is 0 Å². The molecule has 0 spiro atoms. The van der Waals surface area contributed by atoms with E-state index < -0.39 is 5.23 Å². The summed E-state index contributed by atoms with van der Waals surface area (Å²) in [6.07, 6.45) is 3.17. The molecule has 0 aliphatic heterocycles. The van der Waals surface area contributed by atoms with Crippen LogP contribution in [0.2, 0.25) is 0 Å². The summed E-state index contributed by atoms with van der Waals surface area (Å²) < 4.78 is 12.9. The van der Waals surface area contributed by atoms with Crippen molar-refractivity contribution in [3.8, 4) is 11.5 Å². The van der Waals surface area contributed by atoms with E-state index in [4.69, 9.17) is 20.4 Å². The summed E-state index contributed by atoms with van der Waals surface area (Å²) >= 11 is 1.72. The largest absolute Gasteiger partial charge is 0.600 e. The number of hydrogen-bond acceptors (Lipinski definition) is 6. The van der Waals surface area contributed by atoms with E-state index in [0.29, 0.717) is 32.6 Å². The number of rotatable bonds is 11. The number of hydroxylamine groups is 2. The zero-order valence-electron chi connectivity index (χ0n) is 14.0. The molecule has 1 aromatic heterocycles. The summed E-state index contributed by atoms with van der Waals surface area (Å²) in [5.74, 6) is 1.47. The number of unbranched alkanes of at least 4 members (excludes halogenated alkanes) is 2. The topological polar surface area (TPSA) is 92.2 Å². The van der Waals surface area contributed by atoms with Crippen LogP contribution in [0.3, 0.4) is 0 Å². The normalized spacial score (nSPS) is 12.5. The number of ether oxygens (including phenoxy) is 2. The minimum absolute atomic E-state index is 0.176. The molecule has 134 valence electrons. The van der Waals surface area contributed by atoms with Crippen molar-refractivity contribution in [3.05, 3.63) is 28.3 Å². The lowest BCUT2D eigenvalue weighted by Crippen LogP contribution is -3.04. The van der Waals surface area contributed by atoms with Gasteiger partial charge in [-0.2, -0.15) is 0 Å². The van der Waals surface area contributed by atoms with Crippen molar-refractivity contribution in [2.45, 2.75) is 32.6 Å². The van der Waals surface area contributed by atoms with Crippen molar-refractivity contribution in [1.82, 2.24) is 0 Å². The van der Waals surface area contributed by atoms with Gasteiger partial charge in [0.1, 0.15) is 6.54 Å². The zero-order valence-corrected chi connectivity index (χ0v) is 14.9. The molecule has 0 fully saturated rings. The highest BCUT2D eigenvalue weighted by Crippen LogP contribution is 2.36. The van der Waals surface area contributed by atoms with E-state index in [2.05, 4.69) is 13.0 Å². The molecule has 7 heteroatoms. The first-order valence-corrected chi connectivity index (χ1v) is 9.13. The third-order valence-corrected chi connectivity index (χ3v) is 4.62. The maximum atomic E-state index is 10.5. The fraction of sp³-hybridized carbons (Fsp3) is 0.529. The highest BCUT2D eigenvalue weighted by atomic mass is 32.1. The number of nitrogens with one attached hydrogen (secondary N) is 1. The van der Waals surface area contributed by atoms with Crippen LogP contribution in [-0.2, 0) is 0 Å². The van der Waals surface area contributed by atoms with Crippen molar-refractivity contribution >= 4 is 21.4 Å². The second kappa shape index (κ2) is 9.80. The van der Waals surface area contributed by atoms with Crippen molar-refractivity contribution in [1.29, 1.82) is 0 Å². The number of thiophene rings is 1. The van der Waals surface area contributed by atoms with Crippen LogP contribution in [0.5, 0.6) is 11.5 Å². The monoisotopic (exact) mass is 354 g/mol. The van der Waals surface area contributed by atoms with Crippen LogP contribution in [0.15, 0.2) is 18.2 Å². The first-order valence-electron chi connectivity index (χ1n) is 8.32. The molecular formula is C17H26N2O4S. The molecule has 0 aliphatic carbocycles. The molecule has 2 rings (SSSR count). The van der Waals surface area contributed by atoms with E-state index in [1.807, 2.05) is 12.1 Å². The maximum absolute atomic E-state index is 10.5. The molecule has 6 nitrogen and oxygen atoms in total. The highest BCUT2D eigenvalue weighted by Gasteiger charge is 2.10. The number of quaternary nitrogens is 1. The van der Waals surface area contributed by atoms with Gasteiger partial charge in [0.05, 0.1) is 13.2 Å². The summed E-state index contributed by atoms with van der Waals surface area (Å²) in [6.45, 7) is 4.02. The fourth-order valence-corrected chi connectivity index (χ4v) is 3.33. The van der Waals surface area contributed by atoms with Gasteiger partial charge in [-0.1, -0.05) is 0 Å². The van der Waals surface area contributed by atoms with Gasteiger partial charge in [-0.3, -0.25) is 0 Å². The van der Waals surface area contributed by atoms with Gasteiger partial charge in [-0.25, -0.2) is 10.4 Å². The summed E-state index contributed by atoms with van der Waals surface area (Å²) in [6, 6.07) is 6.18. The van der Waals surface area contributed by atoms with E-state index >= 15 is 0 Å². The summed E-state index contributed by atoms with van der Waals surface area (Å²) in [7, 11) is 0. The van der Waals surface area contributed by atoms with Crippen LogP contribution in [0.25, 0.3) is 10.1 Å². The van der Waals surface area contributed by atoms with Crippen LogP contribution in [0.4, 0.5) is 0 Å². The quantitative estimate of drug-likeness (QED) is 0.425. The van der Waals surface area contributed by atoms with Gasteiger partial charge in [0, 0.05) is 22.1 Å². The molecule has 0 radical (unpaired) electrons. The minimum atomic E-state index is -0.769. The fourth-order valence-electron chi connectivity index (χ4n) is 2.39. The van der Waals surface area contributed by atoms with Crippen LogP contribution in [0.1, 0.15) is 30.6 Å². The molecule has 0 saturated carbocycles. The molecule has 0 saturated heterocycles. The van der Waals surface area contributed by atoms with Gasteiger partial charge in [0.2, 0.25) is 0 Å². The maximum Gasteiger partial charge on any atom is 0.162 e. The van der Waals surface area contributed by atoms with E-state index in [1.165, 1.54) is 9.58 Å². The Morgan fingerprint density at radius 3 is 2.42 bits per heavy atom. The molecule has 1 atom stereocenters.